The first-order valence-electron chi connectivity index (χ1n) is 10.6. The van der Waals surface area contributed by atoms with Gasteiger partial charge in [-0.25, -0.2) is 14.4 Å². The molecule has 2 N–H and O–H groups in total. The summed E-state index contributed by atoms with van der Waals surface area (Å²) in [5, 5.41) is 0. The molecule has 166 valence electrons. The monoisotopic (exact) mass is 432 g/mol. The molecule has 1 atom stereocenters. The van der Waals surface area contributed by atoms with Crippen LogP contribution in [-0.4, -0.2) is 21.2 Å². The van der Waals surface area contributed by atoms with Gasteiger partial charge in [-0.05, 0) is 48.8 Å². The number of amides is 1. The first-order valence-corrected chi connectivity index (χ1v) is 10.6. The van der Waals surface area contributed by atoms with Gasteiger partial charge in [0.05, 0.1) is 5.70 Å². The summed E-state index contributed by atoms with van der Waals surface area (Å²) in [6.07, 6.45) is 9.93. The van der Waals surface area contributed by atoms with Gasteiger partial charge < -0.3 is 10.3 Å². The zero-order chi connectivity index (χ0) is 23.4. The van der Waals surface area contributed by atoms with Crippen molar-refractivity contribution in [1.29, 1.82) is 0 Å². The van der Waals surface area contributed by atoms with Gasteiger partial charge >= 0.3 is 0 Å². The summed E-state index contributed by atoms with van der Waals surface area (Å²) < 4.78 is 15.6. The van der Waals surface area contributed by atoms with E-state index in [-0.39, 0.29) is 17.4 Å². The fourth-order valence-corrected chi connectivity index (χ4v) is 3.79. The minimum atomic E-state index is -0.583. The number of carbonyl (C=O) groups excluding carboxylic acids is 1. The van der Waals surface area contributed by atoms with Gasteiger partial charge in [0.1, 0.15) is 17.4 Å². The minimum absolute atomic E-state index is 0.0827. The van der Waals surface area contributed by atoms with E-state index < -0.39 is 5.91 Å². The van der Waals surface area contributed by atoms with E-state index in [4.69, 9.17) is 5.73 Å². The average Bonchev–Trinajstić information content (AvgIpc) is 3.14. The maximum Gasteiger partial charge on any atom is 0.262 e. The molecule has 5 nitrogen and oxygen atoms in total. The number of primary amides is 1. The summed E-state index contributed by atoms with van der Waals surface area (Å²) in [5.41, 5.74) is 9.48. The third-order valence-corrected chi connectivity index (χ3v) is 5.43. The standard InChI is InChI=1S/C26H29FN4O/c1-16(2)26-29-12-13-31(26)15-20-6-11-23(30-19(5)25(28)32)24(17(3)14-20)18(4)21-7-9-22(27)10-8-21/h6-14,16,20H,4,15H2,1-3,5H3,(H2,28,32). The Morgan fingerprint density at radius 3 is 2.62 bits per heavy atom. The molecule has 0 spiro atoms. The molecule has 6 heteroatoms. The summed E-state index contributed by atoms with van der Waals surface area (Å²) in [5.74, 6) is 0.530. The summed E-state index contributed by atoms with van der Waals surface area (Å²) in [4.78, 5) is 20.6. The van der Waals surface area contributed by atoms with E-state index in [1.165, 1.54) is 12.1 Å². The van der Waals surface area contributed by atoms with Gasteiger partial charge in [0.15, 0.2) is 0 Å². The molecule has 0 fully saturated rings. The predicted molar refractivity (Wildman–Crippen MR) is 127 cm³/mol. The van der Waals surface area contributed by atoms with Crippen LogP contribution in [0.4, 0.5) is 4.39 Å². The van der Waals surface area contributed by atoms with Crippen LogP contribution >= 0.6 is 0 Å². The highest BCUT2D eigenvalue weighted by atomic mass is 19.1. The first kappa shape index (κ1) is 23.1. The van der Waals surface area contributed by atoms with E-state index in [0.29, 0.717) is 17.2 Å². The highest BCUT2D eigenvalue weighted by Crippen LogP contribution is 2.34. The zero-order valence-corrected chi connectivity index (χ0v) is 19.0. The number of hydrogen-bond donors (Lipinski definition) is 1. The van der Waals surface area contributed by atoms with Crippen molar-refractivity contribution >= 4 is 17.2 Å². The maximum absolute atomic E-state index is 13.4. The molecular formula is C26H29FN4O. The normalized spacial score (nSPS) is 16.9. The molecule has 2 aromatic rings. The Balaban J connectivity index is 2.05. The Morgan fingerprint density at radius 2 is 2.00 bits per heavy atom. The number of carbonyl (C=O) groups is 1. The molecule has 1 amide bonds. The second-order valence-electron chi connectivity index (χ2n) is 8.27. The van der Waals surface area contributed by atoms with E-state index in [1.54, 1.807) is 19.1 Å². The number of allylic oxidation sites excluding steroid dienone is 6. The molecule has 0 bridgehead atoms. The van der Waals surface area contributed by atoms with Gasteiger partial charge in [0.25, 0.3) is 5.91 Å². The van der Waals surface area contributed by atoms with E-state index >= 15 is 0 Å². The van der Waals surface area contributed by atoms with Gasteiger partial charge in [0, 0.05) is 36.3 Å². The van der Waals surface area contributed by atoms with Crippen LogP contribution in [0.2, 0.25) is 0 Å². The number of nitrogens with two attached hydrogens (primary N) is 1. The van der Waals surface area contributed by atoms with Gasteiger partial charge in [-0.2, -0.15) is 0 Å². The quantitative estimate of drug-likeness (QED) is 0.612. The van der Waals surface area contributed by atoms with E-state index in [2.05, 4.69) is 47.1 Å². The zero-order valence-electron chi connectivity index (χ0n) is 19.0. The molecule has 0 radical (unpaired) electrons. The van der Waals surface area contributed by atoms with Crippen LogP contribution in [0.1, 0.15) is 45.0 Å². The summed E-state index contributed by atoms with van der Waals surface area (Å²) in [6.45, 7) is 12.8. The van der Waals surface area contributed by atoms with Crippen molar-refractivity contribution in [1.82, 2.24) is 9.55 Å². The molecular weight excluding hydrogens is 403 g/mol. The van der Waals surface area contributed by atoms with Crippen molar-refractivity contribution in [2.24, 2.45) is 16.6 Å². The smallest absolute Gasteiger partial charge is 0.262 e. The number of nitrogens with zero attached hydrogens (tertiary/aromatic N) is 3. The summed E-state index contributed by atoms with van der Waals surface area (Å²) in [6, 6.07) is 6.18. The van der Waals surface area contributed by atoms with E-state index in [9.17, 15) is 9.18 Å². The maximum atomic E-state index is 13.4. The van der Waals surface area contributed by atoms with Gasteiger partial charge in [-0.1, -0.05) is 44.7 Å². The van der Waals surface area contributed by atoms with Crippen LogP contribution < -0.4 is 5.73 Å². The van der Waals surface area contributed by atoms with Crippen molar-refractivity contribution in [3.05, 3.63) is 95.5 Å². The molecule has 1 aromatic heterocycles. The number of aromatic nitrogens is 2. The average molecular weight is 433 g/mol. The lowest BCUT2D eigenvalue weighted by Crippen LogP contribution is -2.20. The Bertz CT molecular complexity index is 1150. The number of hydrogen-bond acceptors (Lipinski definition) is 3. The number of benzene rings is 1. The number of aliphatic imine (C=N–C) groups is 1. The third-order valence-electron chi connectivity index (χ3n) is 5.43. The number of imidazole rings is 1. The largest absolute Gasteiger partial charge is 0.365 e. The first-order chi connectivity index (χ1) is 15.2. The lowest BCUT2D eigenvalue weighted by atomic mass is 9.92. The number of rotatable bonds is 7. The number of halogens is 1. The Morgan fingerprint density at radius 1 is 1.31 bits per heavy atom. The highest BCUT2D eigenvalue weighted by molar-refractivity contribution is 6.37. The predicted octanol–water partition coefficient (Wildman–Crippen LogP) is 5.19. The van der Waals surface area contributed by atoms with Crippen LogP contribution in [0.15, 0.2) is 83.3 Å². The topological polar surface area (TPSA) is 73.3 Å². The Labute approximate surface area is 188 Å². The molecule has 0 saturated carbocycles. The summed E-state index contributed by atoms with van der Waals surface area (Å²) in [7, 11) is 0. The molecule has 1 aliphatic rings. The fraction of sp³-hybridized carbons (Fsp3) is 0.269. The van der Waals surface area contributed by atoms with Gasteiger partial charge in [-0.15, -0.1) is 0 Å². The molecule has 1 aliphatic carbocycles. The van der Waals surface area contributed by atoms with Gasteiger partial charge in [0.2, 0.25) is 0 Å². The van der Waals surface area contributed by atoms with Gasteiger partial charge in [-0.3, -0.25) is 4.79 Å². The van der Waals surface area contributed by atoms with Crippen molar-refractivity contribution in [2.45, 2.75) is 40.2 Å². The molecule has 1 unspecified atom stereocenters. The molecule has 0 saturated heterocycles. The Kier molecular flexibility index (Phi) is 7.03. The van der Waals surface area contributed by atoms with E-state index in [1.807, 2.05) is 25.4 Å². The Hall–Kier alpha value is -3.54. The molecule has 0 aliphatic heterocycles. The third kappa shape index (κ3) is 5.19. The van der Waals surface area contributed by atoms with Crippen LogP contribution in [0.25, 0.3) is 5.57 Å². The summed E-state index contributed by atoms with van der Waals surface area (Å²) >= 11 is 0. The van der Waals surface area contributed by atoms with Crippen LogP contribution in [0, 0.1) is 11.7 Å². The van der Waals surface area contributed by atoms with Crippen LogP contribution in [0.3, 0.4) is 0 Å². The lowest BCUT2D eigenvalue weighted by Gasteiger charge is -2.16. The van der Waals surface area contributed by atoms with Crippen molar-refractivity contribution in [3.8, 4) is 0 Å². The highest BCUT2D eigenvalue weighted by Gasteiger charge is 2.19. The fourth-order valence-electron chi connectivity index (χ4n) is 3.79. The minimum Gasteiger partial charge on any atom is -0.365 e. The van der Waals surface area contributed by atoms with Crippen LogP contribution in [0.5, 0.6) is 0 Å². The van der Waals surface area contributed by atoms with E-state index in [0.717, 1.165) is 29.1 Å². The second kappa shape index (κ2) is 9.73. The lowest BCUT2D eigenvalue weighted by molar-refractivity contribution is -0.112. The van der Waals surface area contributed by atoms with Crippen molar-refractivity contribution in [2.75, 3.05) is 0 Å². The van der Waals surface area contributed by atoms with Crippen molar-refractivity contribution < 1.29 is 9.18 Å². The molecule has 32 heavy (non-hydrogen) atoms. The SMILES string of the molecule is C=C(C1=C(N=C(C)C(N)=O)C=CC(Cn2ccnc2C(C)C)C=C1C)c1ccc(F)cc1. The molecule has 1 aromatic carbocycles. The van der Waals surface area contributed by atoms with Crippen molar-refractivity contribution in [3.63, 3.8) is 0 Å². The van der Waals surface area contributed by atoms with Crippen LogP contribution in [-0.2, 0) is 11.3 Å². The second-order valence-corrected chi connectivity index (χ2v) is 8.27. The molecule has 1 heterocycles. The molecule has 3 rings (SSSR count).